The summed E-state index contributed by atoms with van der Waals surface area (Å²) in [7, 11) is 0. The Balaban J connectivity index is 2.36. The van der Waals surface area contributed by atoms with Gasteiger partial charge in [0.15, 0.2) is 0 Å². The molecule has 76 valence electrons. The molecule has 1 fully saturated rings. The van der Waals surface area contributed by atoms with Crippen molar-refractivity contribution in [2.45, 2.75) is 19.1 Å². The molecule has 0 spiro atoms. The van der Waals surface area contributed by atoms with E-state index in [-0.39, 0.29) is 5.75 Å². The van der Waals surface area contributed by atoms with Crippen LogP contribution in [0.3, 0.4) is 0 Å². The minimum atomic E-state index is -0.478. The molecule has 1 aromatic rings. The number of anilines is 1. The van der Waals surface area contributed by atoms with Gasteiger partial charge in [0.2, 0.25) is 0 Å². The first-order valence-electron chi connectivity index (χ1n) is 4.62. The molecule has 1 aliphatic rings. The highest BCUT2D eigenvalue weighted by atomic mass is 35.5. The fourth-order valence-electron chi connectivity index (χ4n) is 1.76. The van der Waals surface area contributed by atoms with Crippen LogP contribution in [0.5, 0.6) is 5.75 Å². The maximum absolute atomic E-state index is 9.64. The summed E-state index contributed by atoms with van der Waals surface area (Å²) in [5.41, 5.74) is 0.705. The molecule has 3 nitrogen and oxygen atoms in total. The molecule has 0 aliphatic carbocycles. The van der Waals surface area contributed by atoms with Gasteiger partial charge < -0.3 is 15.1 Å². The van der Waals surface area contributed by atoms with E-state index in [1.54, 1.807) is 12.1 Å². The van der Waals surface area contributed by atoms with E-state index in [0.29, 0.717) is 10.7 Å². The molecule has 0 bridgehead atoms. The molecule has 0 saturated carbocycles. The molecule has 0 radical (unpaired) electrons. The molecule has 1 heterocycles. The van der Waals surface area contributed by atoms with Gasteiger partial charge in [0.25, 0.3) is 0 Å². The monoisotopic (exact) mass is 213 g/mol. The van der Waals surface area contributed by atoms with Crippen molar-refractivity contribution in [2.75, 3.05) is 11.4 Å². The number of rotatable bonds is 1. The predicted molar refractivity (Wildman–Crippen MR) is 55.7 cm³/mol. The van der Waals surface area contributed by atoms with E-state index in [0.717, 1.165) is 19.4 Å². The lowest BCUT2D eigenvalue weighted by atomic mass is 10.2. The number of aliphatic hydroxyl groups is 1. The second-order valence-corrected chi connectivity index (χ2v) is 3.80. The Labute approximate surface area is 87.5 Å². The van der Waals surface area contributed by atoms with Crippen molar-refractivity contribution in [3.05, 3.63) is 23.2 Å². The third-order valence-corrected chi connectivity index (χ3v) is 2.88. The van der Waals surface area contributed by atoms with E-state index < -0.39 is 6.23 Å². The summed E-state index contributed by atoms with van der Waals surface area (Å²) >= 11 is 5.94. The SMILES string of the molecule is Oc1cccc(N2CCC[C@H]2O)c1Cl. The highest BCUT2D eigenvalue weighted by Gasteiger charge is 2.24. The van der Waals surface area contributed by atoms with E-state index in [9.17, 15) is 10.2 Å². The van der Waals surface area contributed by atoms with Gasteiger partial charge in [-0.05, 0) is 25.0 Å². The smallest absolute Gasteiger partial charge is 0.136 e. The number of nitrogens with zero attached hydrogens (tertiary/aromatic N) is 1. The minimum absolute atomic E-state index is 0.0586. The van der Waals surface area contributed by atoms with Gasteiger partial charge in [0.05, 0.1) is 5.69 Å². The molecule has 0 amide bonds. The summed E-state index contributed by atoms with van der Waals surface area (Å²) in [5, 5.41) is 19.4. The first-order chi connectivity index (χ1) is 6.70. The molecule has 1 aliphatic heterocycles. The standard InChI is InChI=1S/C10H12ClNO2/c11-10-7(3-1-4-8(10)13)12-6-2-5-9(12)14/h1,3-4,9,13-14H,2,5-6H2/t9-/m1/s1. The second-order valence-electron chi connectivity index (χ2n) is 3.43. The Morgan fingerprint density at radius 3 is 2.86 bits per heavy atom. The van der Waals surface area contributed by atoms with Crippen LogP contribution in [-0.2, 0) is 0 Å². The molecule has 1 aromatic carbocycles. The number of hydrogen-bond donors (Lipinski definition) is 2. The van der Waals surface area contributed by atoms with Crippen LogP contribution in [0.1, 0.15) is 12.8 Å². The van der Waals surface area contributed by atoms with Crippen LogP contribution in [0, 0.1) is 0 Å². The molecule has 1 saturated heterocycles. The molecule has 1 atom stereocenters. The maximum atomic E-state index is 9.64. The third-order valence-electron chi connectivity index (χ3n) is 2.49. The van der Waals surface area contributed by atoms with E-state index in [2.05, 4.69) is 0 Å². The van der Waals surface area contributed by atoms with Gasteiger partial charge in [-0.25, -0.2) is 0 Å². The van der Waals surface area contributed by atoms with Crippen molar-refractivity contribution in [3.63, 3.8) is 0 Å². The third kappa shape index (κ3) is 1.53. The van der Waals surface area contributed by atoms with Gasteiger partial charge in [-0.3, -0.25) is 0 Å². The van der Waals surface area contributed by atoms with Crippen LogP contribution in [0.4, 0.5) is 5.69 Å². The van der Waals surface area contributed by atoms with Crippen LogP contribution >= 0.6 is 11.6 Å². The lowest BCUT2D eigenvalue weighted by Crippen LogP contribution is -2.28. The van der Waals surface area contributed by atoms with Gasteiger partial charge in [0, 0.05) is 6.54 Å². The number of halogens is 1. The number of benzene rings is 1. The first kappa shape index (κ1) is 9.62. The van der Waals surface area contributed by atoms with Crippen LogP contribution in [0.2, 0.25) is 5.02 Å². The largest absolute Gasteiger partial charge is 0.506 e. The van der Waals surface area contributed by atoms with Crippen molar-refractivity contribution >= 4 is 17.3 Å². The Morgan fingerprint density at radius 1 is 1.43 bits per heavy atom. The van der Waals surface area contributed by atoms with Gasteiger partial charge in [-0.2, -0.15) is 0 Å². The topological polar surface area (TPSA) is 43.7 Å². The van der Waals surface area contributed by atoms with Gasteiger partial charge >= 0.3 is 0 Å². The van der Waals surface area contributed by atoms with E-state index in [4.69, 9.17) is 11.6 Å². The van der Waals surface area contributed by atoms with Crippen molar-refractivity contribution in [3.8, 4) is 5.75 Å². The quantitative estimate of drug-likeness (QED) is 0.750. The highest BCUT2D eigenvalue weighted by Crippen LogP contribution is 2.36. The van der Waals surface area contributed by atoms with Gasteiger partial charge in [-0.1, -0.05) is 17.7 Å². The molecule has 2 N–H and O–H groups in total. The summed E-state index contributed by atoms with van der Waals surface area (Å²) in [6.45, 7) is 0.782. The summed E-state index contributed by atoms with van der Waals surface area (Å²) in [5.74, 6) is 0.0586. The number of phenols is 1. The van der Waals surface area contributed by atoms with Crippen molar-refractivity contribution < 1.29 is 10.2 Å². The maximum Gasteiger partial charge on any atom is 0.136 e. The van der Waals surface area contributed by atoms with Gasteiger partial charge in [-0.15, -0.1) is 0 Å². The first-order valence-corrected chi connectivity index (χ1v) is 5.00. The molecule has 0 aromatic heterocycles. The number of hydrogen-bond acceptors (Lipinski definition) is 3. The zero-order chi connectivity index (χ0) is 10.1. The Hall–Kier alpha value is -0.930. The fourth-order valence-corrected chi connectivity index (χ4v) is 1.99. The van der Waals surface area contributed by atoms with Crippen molar-refractivity contribution in [2.24, 2.45) is 0 Å². The Kier molecular flexibility index (Phi) is 2.52. The van der Waals surface area contributed by atoms with Crippen LogP contribution < -0.4 is 4.90 Å². The molecule has 2 rings (SSSR count). The fraction of sp³-hybridized carbons (Fsp3) is 0.400. The molecule has 0 unspecified atom stereocenters. The number of aliphatic hydroxyl groups excluding tert-OH is 1. The highest BCUT2D eigenvalue weighted by molar-refractivity contribution is 6.34. The number of phenolic OH excluding ortho intramolecular Hbond substituents is 1. The van der Waals surface area contributed by atoms with Crippen molar-refractivity contribution in [1.29, 1.82) is 0 Å². The predicted octanol–water partition coefficient (Wildman–Crippen LogP) is 1.96. The minimum Gasteiger partial charge on any atom is -0.506 e. The number of aromatic hydroxyl groups is 1. The van der Waals surface area contributed by atoms with E-state index >= 15 is 0 Å². The lowest BCUT2D eigenvalue weighted by Gasteiger charge is -2.23. The average Bonchev–Trinajstić information content (AvgIpc) is 2.57. The average molecular weight is 214 g/mol. The second kappa shape index (κ2) is 3.67. The van der Waals surface area contributed by atoms with E-state index in [1.165, 1.54) is 6.07 Å². The van der Waals surface area contributed by atoms with Gasteiger partial charge in [0.1, 0.15) is 17.0 Å². The Morgan fingerprint density at radius 2 is 2.21 bits per heavy atom. The van der Waals surface area contributed by atoms with E-state index in [1.807, 2.05) is 4.90 Å². The summed E-state index contributed by atoms with van der Waals surface area (Å²) in [6.07, 6.45) is 1.23. The molecule has 4 heteroatoms. The Bertz CT molecular complexity index is 343. The summed E-state index contributed by atoms with van der Waals surface area (Å²) in [4.78, 5) is 1.81. The zero-order valence-corrected chi connectivity index (χ0v) is 8.41. The summed E-state index contributed by atoms with van der Waals surface area (Å²) in [6, 6.07) is 5.06. The summed E-state index contributed by atoms with van der Waals surface area (Å²) < 4.78 is 0. The zero-order valence-electron chi connectivity index (χ0n) is 7.65. The lowest BCUT2D eigenvalue weighted by molar-refractivity contribution is 0.185. The van der Waals surface area contributed by atoms with Crippen LogP contribution in [-0.4, -0.2) is 23.0 Å². The molecular formula is C10H12ClNO2. The normalized spacial score (nSPS) is 21.6. The molecular weight excluding hydrogens is 202 g/mol. The molecule has 14 heavy (non-hydrogen) atoms. The van der Waals surface area contributed by atoms with Crippen molar-refractivity contribution in [1.82, 2.24) is 0 Å². The van der Waals surface area contributed by atoms with Crippen LogP contribution in [0.15, 0.2) is 18.2 Å². The van der Waals surface area contributed by atoms with Crippen LogP contribution in [0.25, 0.3) is 0 Å².